The van der Waals surface area contributed by atoms with Gasteiger partial charge in [-0.2, -0.15) is 0 Å². The maximum atomic E-state index is 4.63. The van der Waals surface area contributed by atoms with Crippen LogP contribution >= 0.6 is 11.3 Å². The number of guanidine groups is 1. The highest BCUT2D eigenvalue weighted by molar-refractivity contribution is 7.11. The van der Waals surface area contributed by atoms with Gasteiger partial charge in [-0.15, -0.1) is 11.3 Å². The van der Waals surface area contributed by atoms with Gasteiger partial charge in [0, 0.05) is 42.9 Å². The Hall–Kier alpha value is -2.15. The Balaban J connectivity index is 1.46. The fourth-order valence-electron chi connectivity index (χ4n) is 3.10. The van der Waals surface area contributed by atoms with E-state index < -0.39 is 0 Å². The van der Waals surface area contributed by atoms with Crippen molar-refractivity contribution < 1.29 is 0 Å². The van der Waals surface area contributed by atoms with Crippen molar-refractivity contribution in [2.45, 2.75) is 45.7 Å². The number of nitrogens with zero attached hydrogens (tertiary/aromatic N) is 4. The first kappa shape index (κ1) is 18.6. The Labute approximate surface area is 159 Å². The number of aryl methyl sites for hydroxylation is 2. The number of nitrogens with one attached hydrogen (secondary N) is 2. The van der Waals surface area contributed by atoms with Crippen molar-refractivity contribution >= 4 is 23.1 Å². The zero-order valence-corrected chi connectivity index (χ0v) is 16.6. The monoisotopic (exact) mass is 372 g/mol. The summed E-state index contributed by atoms with van der Waals surface area (Å²) in [6, 6.07) is 6.65. The molecular weight excluding hydrogens is 344 g/mol. The summed E-state index contributed by atoms with van der Waals surface area (Å²) in [4.78, 5) is 17.1. The first-order valence-corrected chi connectivity index (χ1v) is 10.1. The number of rotatable bonds is 5. The maximum absolute atomic E-state index is 4.63. The molecular formula is C19H28N6S. The van der Waals surface area contributed by atoms with E-state index in [1.54, 1.807) is 11.3 Å². The van der Waals surface area contributed by atoms with Gasteiger partial charge in [0.15, 0.2) is 5.96 Å². The van der Waals surface area contributed by atoms with Gasteiger partial charge in [-0.3, -0.25) is 4.99 Å². The predicted molar refractivity (Wildman–Crippen MR) is 109 cm³/mol. The van der Waals surface area contributed by atoms with Gasteiger partial charge in [0.05, 0.1) is 6.54 Å². The number of piperidine rings is 1. The predicted octanol–water partition coefficient (Wildman–Crippen LogP) is 2.74. The summed E-state index contributed by atoms with van der Waals surface area (Å²) in [6.45, 7) is 6.94. The first-order valence-electron chi connectivity index (χ1n) is 9.27. The molecule has 0 saturated carbocycles. The molecule has 26 heavy (non-hydrogen) atoms. The van der Waals surface area contributed by atoms with Crippen molar-refractivity contribution in [3.05, 3.63) is 40.0 Å². The van der Waals surface area contributed by atoms with Crippen LogP contribution in [-0.2, 0) is 13.0 Å². The smallest absolute Gasteiger partial charge is 0.191 e. The number of pyridine rings is 1. The molecule has 0 radical (unpaired) electrons. The van der Waals surface area contributed by atoms with E-state index in [-0.39, 0.29) is 0 Å². The number of thiazole rings is 1. The molecule has 0 spiro atoms. The molecule has 1 saturated heterocycles. The summed E-state index contributed by atoms with van der Waals surface area (Å²) in [6.07, 6.45) is 5.16. The van der Waals surface area contributed by atoms with E-state index in [0.29, 0.717) is 6.04 Å². The summed E-state index contributed by atoms with van der Waals surface area (Å²) in [5.41, 5.74) is 1.07. The van der Waals surface area contributed by atoms with Gasteiger partial charge in [0.2, 0.25) is 0 Å². The van der Waals surface area contributed by atoms with Crippen molar-refractivity contribution in [1.29, 1.82) is 0 Å². The molecule has 1 aliphatic heterocycles. The van der Waals surface area contributed by atoms with Crippen LogP contribution < -0.4 is 15.5 Å². The molecule has 2 N–H and O–H groups in total. The summed E-state index contributed by atoms with van der Waals surface area (Å²) in [5.74, 6) is 1.94. The Morgan fingerprint density at radius 3 is 2.81 bits per heavy atom. The molecule has 1 fully saturated rings. The molecule has 0 aliphatic carbocycles. The number of aliphatic imine (C=N–C) groups is 1. The Kier molecular flexibility index (Phi) is 6.44. The number of anilines is 1. The van der Waals surface area contributed by atoms with E-state index in [1.807, 2.05) is 26.2 Å². The third kappa shape index (κ3) is 4.94. The lowest BCUT2D eigenvalue weighted by atomic mass is 10.1. The second-order valence-corrected chi connectivity index (χ2v) is 7.74. The Bertz CT molecular complexity index is 733. The maximum Gasteiger partial charge on any atom is 0.191 e. The molecule has 0 atom stereocenters. The largest absolute Gasteiger partial charge is 0.356 e. The molecule has 3 rings (SSSR count). The third-order valence-corrected chi connectivity index (χ3v) is 5.76. The summed E-state index contributed by atoms with van der Waals surface area (Å²) < 4.78 is 0. The number of aromatic nitrogens is 2. The van der Waals surface area contributed by atoms with E-state index in [4.69, 9.17) is 0 Å². The lowest BCUT2D eigenvalue weighted by Gasteiger charge is -2.33. The normalized spacial score (nSPS) is 16.0. The van der Waals surface area contributed by atoms with E-state index in [0.717, 1.165) is 61.4 Å². The molecule has 0 aromatic carbocycles. The van der Waals surface area contributed by atoms with Gasteiger partial charge in [-0.1, -0.05) is 13.0 Å². The van der Waals surface area contributed by atoms with Crippen LogP contribution in [0.15, 0.2) is 29.4 Å². The van der Waals surface area contributed by atoms with Gasteiger partial charge in [-0.25, -0.2) is 9.97 Å². The van der Waals surface area contributed by atoms with Crippen LogP contribution in [0, 0.1) is 6.92 Å². The Morgan fingerprint density at radius 2 is 2.15 bits per heavy atom. The lowest BCUT2D eigenvalue weighted by Crippen LogP contribution is -2.48. The highest BCUT2D eigenvalue weighted by atomic mass is 32.1. The van der Waals surface area contributed by atoms with Crippen LogP contribution in [0.3, 0.4) is 0 Å². The topological polar surface area (TPSA) is 65.4 Å². The zero-order chi connectivity index (χ0) is 18.4. The average molecular weight is 373 g/mol. The molecule has 6 nitrogen and oxygen atoms in total. The van der Waals surface area contributed by atoms with Crippen LogP contribution in [0.5, 0.6) is 0 Å². The molecule has 140 valence electrons. The van der Waals surface area contributed by atoms with Crippen molar-refractivity contribution in [2.24, 2.45) is 4.99 Å². The van der Waals surface area contributed by atoms with Crippen LogP contribution in [0.4, 0.5) is 5.82 Å². The molecule has 3 heterocycles. The average Bonchev–Trinajstić information content (AvgIpc) is 3.14. The van der Waals surface area contributed by atoms with Crippen LogP contribution in [0.25, 0.3) is 0 Å². The summed E-state index contributed by atoms with van der Waals surface area (Å²) in [7, 11) is 1.82. The minimum absolute atomic E-state index is 0.435. The minimum Gasteiger partial charge on any atom is -0.356 e. The van der Waals surface area contributed by atoms with Crippen molar-refractivity contribution in [3.63, 3.8) is 0 Å². The van der Waals surface area contributed by atoms with Gasteiger partial charge in [0.1, 0.15) is 10.8 Å². The van der Waals surface area contributed by atoms with Gasteiger partial charge in [-0.05, 0) is 38.3 Å². The highest BCUT2D eigenvalue weighted by Gasteiger charge is 2.21. The van der Waals surface area contributed by atoms with Crippen LogP contribution in [0.2, 0.25) is 0 Å². The first-order chi connectivity index (χ1) is 12.7. The summed E-state index contributed by atoms with van der Waals surface area (Å²) >= 11 is 1.76. The quantitative estimate of drug-likeness (QED) is 0.624. The molecule has 0 bridgehead atoms. The number of hydrogen-bond donors (Lipinski definition) is 2. The van der Waals surface area contributed by atoms with Gasteiger partial charge >= 0.3 is 0 Å². The van der Waals surface area contributed by atoms with Crippen molar-refractivity contribution in [2.75, 3.05) is 25.0 Å². The second-order valence-electron chi connectivity index (χ2n) is 6.54. The second kappa shape index (κ2) is 8.98. The zero-order valence-electron chi connectivity index (χ0n) is 15.8. The molecule has 2 aromatic heterocycles. The molecule has 0 unspecified atom stereocenters. The molecule has 7 heteroatoms. The fraction of sp³-hybridized carbons (Fsp3) is 0.526. The van der Waals surface area contributed by atoms with E-state index in [1.165, 1.54) is 4.88 Å². The minimum atomic E-state index is 0.435. The van der Waals surface area contributed by atoms with E-state index in [2.05, 4.69) is 49.6 Å². The van der Waals surface area contributed by atoms with Crippen molar-refractivity contribution in [3.8, 4) is 0 Å². The lowest BCUT2D eigenvalue weighted by molar-refractivity contribution is 0.459. The van der Waals surface area contributed by atoms with Crippen LogP contribution in [0.1, 0.15) is 35.3 Å². The van der Waals surface area contributed by atoms with Crippen LogP contribution in [-0.4, -0.2) is 42.1 Å². The molecule has 1 aliphatic rings. The molecule has 0 amide bonds. The van der Waals surface area contributed by atoms with Gasteiger partial charge < -0.3 is 15.5 Å². The standard InChI is InChI=1S/C19H28N6S/c1-4-16-12-21-18(26-16)13-22-19(20-3)24-15-8-10-25(11-9-15)17-7-5-6-14(2)23-17/h5-7,12,15H,4,8-11,13H2,1-3H3,(H2,20,22,24). The van der Waals surface area contributed by atoms with Crippen molar-refractivity contribution in [1.82, 2.24) is 20.6 Å². The molecule has 2 aromatic rings. The fourth-order valence-corrected chi connectivity index (χ4v) is 3.90. The van der Waals surface area contributed by atoms with E-state index in [9.17, 15) is 0 Å². The Morgan fingerprint density at radius 1 is 1.35 bits per heavy atom. The van der Waals surface area contributed by atoms with Gasteiger partial charge in [0.25, 0.3) is 0 Å². The SMILES string of the molecule is CCc1cnc(CNC(=NC)NC2CCN(c3cccc(C)n3)CC2)s1. The third-order valence-electron chi connectivity index (χ3n) is 4.61. The highest BCUT2D eigenvalue weighted by Crippen LogP contribution is 2.18. The summed E-state index contributed by atoms with van der Waals surface area (Å²) in [5, 5.41) is 8.03. The number of hydrogen-bond acceptors (Lipinski definition) is 5. The van der Waals surface area contributed by atoms with E-state index >= 15 is 0 Å².